The average molecular weight is 334 g/mol. The van der Waals surface area contributed by atoms with Crippen LogP contribution in [0.25, 0.3) is 0 Å². The van der Waals surface area contributed by atoms with Crippen LogP contribution in [-0.2, 0) is 0 Å². The molecule has 0 heterocycles. The number of hydrogen-bond acceptors (Lipinski definition) is 1. The van der Waals surface area contributed by atoms with Crippen molar-refractivity contribution in [1.82, 2.24) is 0 Å². The average Bonchev–Trinajstić information content (AvgIpc) is 2.31. The van der Waals surface area contributed by atoms with Crippen molar-refractivity contribution < 1.29 is 17.6 Å². The first-order valence-corrected chi connectivity index (χ1v) is 6.04. The lowest BCUT2D eigenvalue weighted by atomic mass is 9.98. The van der Waals surface area contributed by atoms with Gasteiger partial charge in [0.1, 0.15) is 23.3 Å². The summed E-state index contributed by atoms with van der Waals surface area (Å²) in [5, 5.41) is 0. The molecule has 2 N–H and O–H groups in total. The highest BCUT2D eigenvalue weighted by Crippen LogP contribution is 2.27. The van der Waals surface area contributed by atoms with Crippen LogP contribution in [0.3, 0.4) is 0 Å². The molecule has 0 fully saturated rings. The molecule has 19 heavy (non-hydrogen) atoms. The van der Waals surface area contributed by atoms with Crippen molar-refractivity contribution in [2.24, 2.45) is 5.73 Å². The zero-order valence-corrected chi connectivity index (χ0v) is 11.0. The van der Waals surface area contributed by atoms with Gasteiger partial charge in [0.25, 0.3) is 0 Å². The quantitative estimate of drug-likeness (QED) is 0.824. The summed E-state index contributed by atoms with van der Waals surface area (Å²) >= 11 is 2.96. The molecule has 0 bridgehead atoms. The first kappa shape index (κ1) is 14.0. The Bertz CT molecular complexity index is 607. The minimum atomic E-state index is -1.22. The molecule has 1 nitrogen and oxygen atoms in total. The van der Waals surface area contributed by atoms with Gasteiger partial charge < -0.3 is 5.73 Å². The Morgan fingerprint density at radius 1 is 0.895 bits per heavy atom. The normalized spacial score (nSPS) is 12.5. The minimum absolute atomic E-state index is 0.185. The highest BCUT2D eigenvalue weighted by atomic mass is 79.9. The van der Waals surface area contributed by atoms with E-state index in [1.165, 1.54) is 12.1 Å². The third-order valence-corrected chi connectivity index (χ3v) is 3.30. The molecule has 6 heteroatoms. The summed E-state index contributed by atoms with van der Waals surface area (Å²) < 4.78 is 53.5. The van der Waals surface area contributed by atoms with Gasteiger partial charge in [-0.15, -0.1) is 0 Å². The number of benzene rings is 2. The molecule has 0 saturated carbocycles. The van der Waals surface area contributed by atoms with Gasteiger partial charge in [-0.2, -0.15) is 0 Å². The van der Waals surface area contributed by atoms with Crippen LogP contribution in [-0.4, -0.2) is 0 Å². The van der Waals surface area contributed by atoms with Crippen LogP contribution in [0.4, 0.5) is 17.6 Å². The molecule has 0 aliphatic heterocycles. The Labute approximate surface area is 115 Å². The second-order valence-corrected chi connectivity index (χ2v) is 4.79. The summed E-state index contributed by atoms with van der Waals surface area (Å²) in [5.74, 6) is -3.84. The summed E-state index contributed by atoms with van der Waals surface area (Å²) in [6.45, 7) is 0. The van der Waals surface area contributed by atoms with Crippen molar-refractivity contribution in [1.29, 1.82) is 0 Å². The fraction of sp³-hybridized carbons (Fsp3) is 0.0769. The largest absolute Gasteiger partial charge is 0.320 e. The lowest BCUT2D eigenvalue weighted by Crippen LogP contribution is -2.16. The molecule has 2 rings (SSSR count). The van der Waals surface area contributed by atoms with E-state index in [2.05, 4.69) is 15.9 Å². The van der Waals surface area contributed by atoms with E-state index in [0.29, 0.717) is 12.1 Å². The number of rotatable bonds is 2. The maximum Gasteiger partial charge on any atom is 0.137 e. The molecule has 2 aromatic carbocycles. The van der Waals surface area contributed by atoms with Crippen molar-refractivity contribution in [2.45, 2.75) is 6.04 Å². The SMILES string of the molecule is NC(c1ccc(Br)c(F)c1)c1c(F)cc(F)cc1F. The van der Waals surface area contributed by atoms with Gasteiger partial charge in [0.2, 0.25) is 0 Å². The minimum Gasteiger partial charge on any atom is -0.320 e. The third-order valence-electron chi connectivity index (χ3n) is 2.66. The van der Waals surface area contributed by atoms with Crippen molar-refractivity contribution >= 4 is 15.9 Å². The molecule has 1 unspecified atom stereocenters. The van der Waals surface area contributed by atoms with E-state index in [4.69, 9.17) is 5.73 Å². The molecule has 100 valence electrons. The molecule has 0 aromatic heterocycles. The van der Waals surface area contributed by atoms with Gasteiger partial charge in [0.05, 0.1) is 10.5 Å². The summed E-state index contributed by atoms with van der Waals surface area (Å²) in [6, 6.07) is 3.73. The second kappa shape index (κ2) is 5.30. The van der Waals surface area contributed by atoms with Crippen LogP contribution >= 0.6 is 15.9 Å². The monoisotopic (exact) mass is 333 g/mol. The molecule has 0 aliphatic carbocycles. The molecule has 0 spiro atoms. The maximum atomic E-state index is 13.6. The molecular formula is C13H8BrF4N. The summed E-state index contributed by atoms with van der Waals surface area (Å²) in [6.07, 6.45) is 0. The van der Waals surface area contributed by atoms with E-state index >= 15 is 0 Å². The Hall–Kier alpha value is -1.40. The predicted molar refractivity (Wildman–Crippen MR) is 66.4 cm³/mol. The smallest absolute Gasteiger partial charge is 0.137 e. The van der Waals surface area contributed by atoms with Gasteiger partial charge in [-0.1, -0.05) is 6.07 Å². The number of nitrogens with two attached hydrogens (primary N) is 1. The van der Waals surface area contributed by atoms with Crippen molar-refractivity contribution in [3.05, 3.63) is 69.2 Å². The molecule has 0 radical (unpaired) electrons. The van der Waals surface area contributed by atoms with Crippen LogP contribution in [0, 0.1) is 23.3 Å². The summed E-state index contributed by atoms with van der Waals surface area (Å²) in [7, 11) is 0. The molecule has 2 aromatic rings. The van der Waals surface area contributed by atoms with Crippen LogP contribution < -0.4 is 5.73 Å². The predicted octanol–water partition coefficient (Wildman–Crippen LogP) is 4.05. The summed E-state index contributed by atoms with van der Waals surface area (Å²) in [5.41, 5.74) is 5.39. The first-order valence-electron chi connectivity index (χ1n) is 5.25. The van der Waals surface area contributed by atoms with E-state index in [0.717, 1.165) is 6.07 Å². The lowest BCUT2D eigenvalue weighted by Gasteiger charge is -2.15. The number of hydrogen-bond donors (Lipinski definition) is 1. The fourth-order valence-corrected chi connectivity index (χ4v) is 1.97. The lowest BCUT2D eigenvalue weighted by molar-refractivity contribution is 0.514. The van der Waals surface area contributed by atoms with Crippen LogP contribution in [0.2, 0.25) is 0 Å². The molecule has 1 atom stereocenters. The summed E-state index contributed by atoms with van der Waals surface area (Å²) in [4.78, 5) is 0. The fourth-order valence-electron chi connectivity index (χ4n) is 1.72. The van der Waals surface area contributed by atoms with Crippen molar-refractivity contribution in [3.8, 4) is 0 Å². The Kier molecular flexibility index (Phi) is 3.91. The highest BCUT2D eigenvalue weighted by molar-refractivity contribution is 9.10. The van der Waals surface area contributed by atoms with Gasteiger partial charge in [-0.3, -0.25) is 0 Å². The topological polar surface area (TPSA) is 26.0 Å². The van der Waals surface area contributed by atoms with E-state index in [1.807, 2.05) is 0 Å². The Morgan fingerprint density at radius 3 is 2.00 bits per heavy atom. The molecule has 0 saturated heterocycles. The van der Waals surface area contributed by atoms with Crippen molar-refractivity contribution in [3.63, 3.8) is 0 Å². The Morgan fingerprint density at radius 2 is 1.47 bits per heavy atom. The Balaban J connectivity index is 2.49. The van der Waals surface area contributed by atoms with E-state index in [1.54, 1.807) is 0 Å². The van der Waals surface area contributed by atoms with Gasteiger partial charge >= 0.3 is 0 Å². The zero-order chi connectivity index (χ0) is 14.2. The van der Waals surface area contributed by atoms with Crippen LogP contribution in [0.5, 0.6) is 0 Å². The molecule has 0 aliphatic rings. The van der Waals surface area contributed by atoms with E-state index < -0.39 is 34.9 Å². The zero-order valence-electron chi connectivity index (χ0n) is 9.43. The van der Waals surface area contributed by atoms with Gasteiger partial charge in [-0.05, 0) is 33.6 Å². The van der Waals surface area contributed by atoms with Crippen LogP contribution in [0.1, 0.15) is 17.2 Å². The van der Waals surface area contributed by atoms with Crippen molar-refractivity contribution in [2.75, 3.05) is 0 Å². The van der Waals surface area contributed by atoms with E-state index in [9.17, 15) is 17.6 Å². The standard InChI is InChI=1S/C13H8BrF4N/c14-8-2-1-6(3-9(8)16)13(19)12-10(17)4-7(15)5-11(12)18/h1-5,13H,19H2. The van der Waals surface area contributed by atoms with Gasteiger partial charge in [0.15, 0.2) is 0 Å². The van der Waals surface area contributed by atoms with Gasteiger partial charge in [-0.25, -0.2) is 17.6 Å². The molecular weight excluding hydrogens is 326 g/mol. The number of halogens is 5. The highest BCUT2D eigenvalue weighted by Gasteiger charge is 2.20. The third kappa shape index (κ3) is 2.79. The first-order chi connectivity index (χ1) is 8.90. The molecule has 0 amide bonds. The van der Waals surface area contributed by atoms with Crippen LogP contribution in [0.15, 0.2) is 34.8 Å². The second-order valence-electron chi connectivity index (χ2n) is 3.93. The van der Waals surface area contributed by atoms with Gasteiger partial charge in [0, 0.05) is 17.7 Å². The maximum absolute atomic E-state index is 13.6. The van der Waals surface area contributed by atoms with E-state index in [-0.39, 0.29) is 10.0 Å².